The standard InChI is InChI=1S/C15H24N4OS2/c1-3-16-14-18-19-15(22-14)21-8-13(20)17-9(2)12-7-10-4-5-11(12)6-10/h9-12H,3-8H2,1-2H3,(H,16,18)(H,17,20). The number of hydrogen-bond donors (Lipinski definition) is 2. The minimum absolute atomic E-state index is 0.112. The summed E-state index contributed by atoms with van der Waals surface area (Å²) in [6.07, 6.45) is 5.46. The number of amides is 1. The zero-order valence-electron chi connectivity index (χ0n) is 13.2. The smallest absolute Gasteiger partial charge is 0.230 e. The number of fused-ring (bicyclic) bond motifs is 2. The van der Waals surface area contributed by atoms with E-state index in [4.69, 9.17) is 0 Å². The van der Waals surface area contributed by atoms with Crippen molar-refractivity contribution in [3.8, 4) is 0 Å². The Bertz CT molecular complexity index is 521. The number of carbonyl (C=O) groups excluding carboxylic acids is 1. The van der Waals surface area contributed by atoms with Gasteiger partial charge in [-0.2, -0.15) is 0 Å². The van der Waals surface area contributed by atoms with Gasteiger partial charge in [0, 0.05) is 12.6 Å². The normalized spacial score (nSPS) is 27.8. The highest BCUT2D eigenvalue weighted by molar-refractivity contribution is 8.01. The molecule has 1 aromatic rings. The first-order valence-electron chi connectivity index (χ1n) is 8.15. The molecule has 0 aromatic carbocycles. The largest absolute Gasteiger partial charge is 0.360 e. The Hall–Kier alpha value is -0.820. The highest BCUT2D eigenvalue weighted by Crippen LogP contribution is 2.49. The predicted octanol–water partition coefficient (Wildman–Crippen LogP) is 3.00. The SMILES string of the molecule is CCNc1nnc(SCC(=O)NC(C)C2CC3CCC2C3)s1. The summed E-state index contributed by atoms with van der Waals surface area (Å²) in [4.78, 5) is 12.1. The highest BCUT2D eigenvalue weighted by atomic mass is 32.2. The Morgan fingerprint density at radius 2 is 2.27 bits per heavy atom. The van der Waals surface area contributed by atoms with Crippen molar-refractivity contribution in [1.82, 2.24) is 15.5 Å². The molecule has 0 radical (unpaired) electrons. The van der Waals surface area contributed by atoms with Crippen molar-refractivity contribution in [2.75, 3.05) is 17.6 Å². The summed E-state index contributed by atoms with van der Waals surface area (Å²) in [6, 6.07) is 0.301. The summed E-state index contributed by atoms with van der Waals surface area (Å²) in [5, 5.41) is 15.3. The van der Waals surface area contributed by atoms with Crippen LogP contribution < -0.4 is 10.6 Å². The van der Waals surface area contributed by atoms with E-state index in [-0.39, 0.29) is 5.91 Å². The van der Waals surface area contributed by atoms with Crippen molar-refractivity contribution in [1.29, 1.82) is 0 Å². The van der Waals surface area contributed by atoms with Crippen LogP contribution in [0, 0.1) is 17.8 Å². The van der Waals surface area contributed by atoms with E-state index in [1.807, 2.05) is 6.92 Å². The summed E-state index contributed by atoms with van der Waals surface area (Å²) in [7, 11) is 0. The molecule has 2 aliphatic rings. The molecule has 2 saturated carbocycles. The molecule has 2 aliphatic carbocycles. The molecule has 2 fully saturated rings. The second-order valence-corrected chi connectivity index (χ2v) is 8.59. The number of thioether (sulfide) groups is 1. The van der Waals surface area contributed by atoms with Crippen LogP contribution in [0.5, 0.6) is 0 Å². The van der Waals surface area contributed by atoms with Gasteiger partial charge in [-0.3, -0.25) is 4.79 Å². The lowest BCUT2D eigenvalue weighted by atomic mass is 9.84. The molecule has 5 nitrogen and oxygen atoms in total. The number of aromatic nitrogens is 2. The fourth-order valence-corrected chi connectivity index (χ4v) is 5.56. The summed E-state index contributed by atoms with van der Waals surface area (Å²) in [5.74, 6) is 3.00. The number of carbonyl (C=O) groups is 1. The number of rotatable bonds is 7. The first-order chi connectivity index (χ1) is 10.7. The molecule has 2 bridgehead atoms. The van der Waals surface area contributed by atoms with E-state index in [1.165, 1.54) is 48.8 Å². The Balaban J connectivity index is 1.42. The first kappa shape index (κ1) is 16.1. The molecule has 0 spiro atoms. The van der Waals surface area contributed by atoms with Crippen LogP contribution in [-0.2, 0) is 4.79 Å². The summed E-state index contributed by atoms with van der Waals surface area (Å²) in [5.41, 5.74) is 0. The zero-order chi connectivity index (χ0) is 15.5. The lowest BCUT2D eigenvalue weighted by molar-refractivity contribution is -0.119. The van der Waals surface area contributed by atoms with Crippen molar-refractivity contribution >= 4 is 34.1 Å². The monoisotopic (exact) mass is 340 g/mol. The van der Waals surface area contributed by atoms with Crippen molar-refractivity contribution < 1.29 is 4.79 Å². The lowest BCUT2D eigenvalue weighted by Gasteiger charge is -2.28. The van der Waals surface area contributed by atoms with Gasteiger partial charge in [0.2, 0.25) is 11.0 Å². The van der Waals surface area contributed by atoms with Crippen LogP contribution in [-0.4, -0.2) is 34.4 Å². The van der Waals surface area contributed by atoms with Crippen LogP contribution in [0.1, 0.15) is 39.5 Å². The van der Waals surface area contributed by atoms with Crippen molar-refractivity contribution in [3.63, 3.8) is 0 Å². The second kappa shape index (κ2) is 7.17. The molecule has 7 heteroatoms. The maximum Gasteiger partial charge on any atom is 0.230 e. The zero-order valence-corrected chi connectivity index (χ0v) is 14.8. The average molecular weight is 341 g/mol. The van der Waals surface area contributed by atoms with Crippen LogP contribution in [0.3, 0.4) is 0 Å². The summed E-state index contributed by atoms with van der Waals surface area (Å²) >= 11 is 2.97. The fourth-order valence-electron chi connectivity index (χ4n) is 3.93. The third-order valence-electron chi connectivity index (χ3n) is 4.88. The summed E-state index contributed by atoms with van der Waals surface area (Å²) < 4.78 is 0.846. The van der Waals surface area contributed by atoms with Gasteiger partial charge in [0.15, 0.2) is 4.34 Å². The molecule has 1 amide bonds. The maximum absolute atomic E-state index is 12.1. The third-order valence-corrected chi connectivity index (χ3v) is 6.90. The topological polar surface area (TPSA) is 66.9 Å². The molecular weight excluding hydrogens is 316 g/mol. The molecule has 4 unspecified atom stereocenters. The highest BCUT2D eigenvalue weighted by Gasteiger charge is 2.42. The Labute approximate surface area is 140 Å². The van der Waals surface area contributed by atoms with Gasteiger partial charge in [0.1, 0.15) is 0 Å². The van der Waals surface area contributed by atoms with Gasteiger partial charge in [-0.05, 0) is 50.9 Å². The van der Waals surface area contributed by atoms with Gasteiger partial charge in [0.05, 0.1) is 5.75 Å². The second-order valence-electron chi connectivity index (χ2n) is 6.39. The quantitative estimate of drug-likeness (QED) is 0.747. The molecular formula is C15H24N4OS2. The average Bonchev–Trinajstić information content (AvgIpc) is 3.22. The Morgan fingerprint density at radius 3 is 2.95 bits per heavy atom. The van der Waals surface area contributed by atoms with E-state index in [0.29, 0.717) is 17.7 Å². The minimum Gasteiger partial charge on any atom is -0.360 e. The van der Waals surface area contributed by atoms with Gasteiger partial charge in [0.25, 0.3) is 0 Å². The van der Waals surface area contributed by atoms with Crippen LogP contribution in [0.4, 0.5) is 5.13 Å². The molecule has 122 valence electrons. The first-order valence-corrected chi connectivity index (χ1v) is 9.95. The molecule has 1 heterocycles. The molecule has 0 aliphatic heterocycles. The van der Waals surface area contributed by atoms with Crippen molar-refractivity contribution in [3.05, 3.63) is 0 Å². The van der Waals surface area contributed by atoms with Gasteiger partial charge >= 0.3 is 0 Å². The number of anilines is 1. The van der Waals surface area contributed by atoms with Gasteiger partial charge in [-0.1, -0.05) is 29.5 Å². The molecule has 1 aromatic heterocycles. The van der Waals surface area contributed by atoms with Crippen LogP contribution in [0.2, 0.25) is 0 Å². The number of hydrogen-bond acceptors (Lipinski definition) is 6. The molecule has 2 N–H and O–H groups in total. The summed E-state index contributed by atoms with van der Waals surface area (Å²) in [6.45, 7) is 5.03. The number of nitrogens with zero attached hydrogens (tertiary/aromatic N) is 2. The van der Waals surface area contributed by atoms with E-state index in [0.717, 1.165) is 27.9 Å². The fraction of sp³-hybridized carbons (Fsp3) is 0.800. The minimum atomic E-state index is 0.112. The molecule has 4 atom stereocenters. The number of nitrogens with one attached hydrogen (secondary N) is 2. The third kappa shape index (κ3) is 3.74. The van der Waals surface area contributed by atoms with Crippen molar-refractivity contribution in [2.45, 2.75) is 49.9 Å². The Kier molecular flexibility index (Phi) is 5.23. The van der Waals surface area contributed by atoms with Gasteiger partial charge < -0.3 is 10.6 Å². The van der Waals surface area contributed by atoms with E-state index in [1.54, 1.807) is 0 Å². The van der Waals surface area contributed by atoms with Crippen LogP contribution in [0.25, 0.3) is 0 Å². The van der Waals surface area contributed by atoms with E-state index in [9.17, 15) is 4.79 Å². The maximum atomic E-state index is 12.1. The molecule has 0 saturated heterocycles. The molecule has 22 heavy (non-hydrogen) atoms. The Morgan fingerprint density at radius 1 is 1.41 bits per heavy atom. The van der Waals surface area contributed by atoms with E-state index >= 15 is 0 Å². The van der Waals surface area contributed by atoms with Gasteiger partial charge in [-0.15, -0.1) is 10.2 Å². The van der Waals surface area contributed by atoms with Crippen LogP contribution in [0.15, 0.2) is 4.34 Å². The van der Waals surface area contributed by atoms with Gasteiger partial charge in [-0.25, -0.2) is 0 Å². The predicted molar refractivity (Wildman–Crippen MR) is 91.3 cm³/mol. The van der Waals surface area contributed by atoms with Crippen LogP contribution >= 0.6 is 23.1 Å². The van der Waals surface area contributed by atoms with E-state index < -0.39 is 0 Å². The lowest BCUT2D eigenvalue weighted by Crippen LogP contribution is -2.40. The van der Waals surface area contributed by atoms with Crippen molar-refractivity contribution in [2.24, 2.45) is 17.8 Å². The molecule has 3 rings (SSSR count). The van der Waals surface area contributed by atoms with E-state index in [2.05, 4.69) is 27.8 Å².